The second-order valence-electron chi connectivity index (χ2n) is 3.35. The predicted molar refractivity (Wildman–Crippen MR) is 57.9 cm³/mol. The van der Waals surface area contributed by atoms with Gasteiger partial charge in [-0.1, -0.05) is 0 Å². The van der Waals surface area contributed by atoms with Crippen LogP contribution in [0, 0.1) is 0 Å². The molecule has 0 spiro atoms. The van der Waals surface area contributed by atoms with Gasteiger partial charge in [-0.05, 0) is 13.8 Å². The molecule has 0 fully saturated rings. The molecule has 5 heteroatoms. The van der Waals surface area contributed by atoms with Gasteiger partial charge in [0.05, 0.1) is 24.9 Å². The molecule has 0 aliphatic carbocycles. The minimum absolute atomic E-state index is 0.0621. The Bertz CT molecular complexity index is 400. The molecule has 0 saturated carbocycles. The van der Waals surface area contributed by atoms with Crippen LogP contribution in [0.4, 0.5) is 5.00 Å². The van der Waals surface area contributed by atoms with Gasteiger partial charge in [-0.3, -0.25) is 0 Å². The van der Waals surface area contributed by atoms with Crippen LogP contribution in [-0.4, -0.2) is 12.6 Å². The molecule has 1 aliphatic heterocycles. The van der Waals surface area contributed by atoms with Crippen molar-refractivity contribution in [2.75, 3.05) is 12.3 Å². The Balaban J connectivity index is 2.42. The Morgan fingerprint density at radius 3 is 3.13 bits per heavy atom. The van der Waals surface area contributed by atoms with Gasteiger partial charge >= 0.3 is 5.97 Å². The van der Waals surface area contributed by atoms with Gasteiger partial charge in [0.1, 0.15) is 5.00 Å². The predicted octanol–water partition coefficient (Wildman–Crippen LogP) is 2.10. The van der Waals surface area contributed by atoms with Crippen molar-refractivity contribution in [2.45, 2.75) is 26.6 Å². The number of hydrogen-bond acceptors (Lipinski definition) is 5. The Kier molecular flexibility index (Phi) is 2.67. The topological polar surface area (TPSA) is 61.5 Å². The van der Waals surface area contributed by atoms with E-state index in [2.05, 4.69) is 0 Å². The van der Waals surface area contributed by atoms with Crippen molar-refractivity contribution in [3.8, 4) is 0 Å². The molecule has 1 aliphatic rings. The maximum absolute atomic E-state index is 11.7. The molecule has 0 unspecified atom stereocenters. The van der Waals surface area contributed by atoms with Crippen LogP contribution in [0.1, 0.15) is 40.8 Å². The number of fused-ring (bicyclic) bond motifs is 1. The van der Waals surface area contributed by atoms with Crippen LogP contribution in [-0.2, 0) is 16.1 Å². The second kappa shape index (κ2) is 3.83. The van der Waals surface area contributed by atoms with E-state index in [1.54, 1.807) is 6.92 Å². The zero-order valence-electron chi connectivity index (χ0n) is 8.70. The van der Waals surface area contributed by atoms with E-state index in [0.29, 0.717) is 23.8 Å². The van der Waals surface area contributed by atoms with Gasteiger partial charge in [-0.2, -0.15) is 0 Å². The maximum atomic E-state index is 11.7. The van der Waals surface area contributed by atoms with Gasteiger partial charge in [-0.25, -0.2) is 4.79 Å². The third-order valence-electron chi connectivity index (χ3n) is 2.40. The third kappa shape index (κ3) is 1.61. The molecule has 0 aromatic carbocycles. The lowest BCUT2D eigenvalue weighted by Gasteiger charge is -2.07. The Morgan fingerprint density at radius 2 is 2.47 bits per heavy atom. The Morgan fingerprint density at radius 1 is 1.73 bits per heavy atom. The highest BCUT2D eigenvalue weighted by molar-refractivity contribution is 7.16. The summed E-state index contributed by atoms with van der Waals surface area (Å²) in [5.41, 5.74) is 7.22. The van der Waals surface area contributed by atoms with E-state index in [-0.39, 0.29) is 12.1 Å². The molecule has 0 radical (unpaired) electrons. The number of hydrogen-bond donors (Lipinski definition) is 1. The Labute approximate surface area is 92.0 Å². The first-order chi connectivity index (χ1) is 7.15. The van der Waals surface area contributed by atoms with Crippen LogP contribution in [0.25, 0.3) is 0 Å². The summed E-state index contributed by atoms with van der Waals surface area (Å²) >= 11 is 1.41. The molecule has 2 rings (SSSR count). The summed E-state index contributed by atoms with van der Waals surface area (Å²) in [4.78, 5) is 12.7. The van der Waals surface area contributed by atoms with Gasteiger partial charge in [-0.15, -0.1) is 11.3 Å². The van der Waals surface area contributed by atoms with Gasteiger partial charge in [0, 0.05) is 10.4 Å². The fraction of sp³-hybridized carbons (Fsp3) is 0.500. The molecule has 82 valence electrons. The largest absolute Gasteiger partial charge is 0.462 e. The van der Waals surface area contributed by atoms with E-state index in [1.807, 2.05) is 6.92 Å². The Hall–Kier alpha value is -1.07. The number of nitrogen functional groups attached to an aromatic ring is 1. The SMILES string of the molecule is CCOC(=O)c1c(N)sc2c1[C@H](C)OC2. The molecular formula is C10H13NO3S. The molecule has 0 bridgehead atoms. The van der Waals surface area contributed by atoms with E-state index in [4.69, 9.17) is 15.2 Å². The molecule has 2 heterocycles. The molecule has 0 saturated heterocycles. The lowest BCUT2D eigenvalue weighted by atomic mass is 10.1. The summed E-state index contributed by atoms with van der Waals surface area (Å²) in [6.45, 7) is 4.60. The first-order valence-electron chi connectivity index (χ1n) is 4.84. The van der Waals surface area contributed by atoms with Crippen molar-refractivity contribution >= 4 is 22.3 Å². The highest BCUT2D eigenvalue weighted by atomic mass is 32.1. The van der Waals surface area contributed by atoms with Crippen LogP contribution in [0.15, 0.2) is 0 Å². The van der Waals surface area contributed by atoms with Gasteiger partial charge in [0.2, 0.25) is 0 Å². The van der Waals surface area contributed by atoms with E-state index >= 15 is 0 Å². The first-order valence-corrected chi connectivity index (χ1v) is 5.66. The van der Waals surface area contributed by atoms with Crippen LogP contribution in [0.5, 0.6) is 0 Å². The van der Waals surface area contributed by atoms with E-state index < -0.39 is 0 Å². The number of thiophene rings is 1. The van der Waals surface area contributed by atoms with Gasteiger partial charge in [0.25, 0.3) is 0 Å². The quantitative estimate of drug-likeness (QED) is 0.786. The molecule has 1 aromatic rings. The maximum Gasteiger partial charge on any atom is 0.341 e. The van der Waals surface area contributed by atoms with Crippen molar-refractivity contribution in [1.29, 1.82) is 0 Å². The van der Waals surface area contributed by atoms with Crippen LogP contribution < -0.4 is 5.73 Å². The van der Waals surface area contributed by atoms with Crippen molar-refractivity contribution < 1.29 is 14.3 Å². The molecule has 1 aromatic heterocycles. The summed E-state index contributed by atoms with van der Waals surface area (Å²) in [5.74, 6) is -0.343. The number of nitrogens with two attached hydrogens (primary N) is 1. The zero-order chi connectivity index (χ0) is 11.0. The molecule has 15 heavy (non-hydrogen) atoms. The zero-order valence-corrected chi connectivity index (χ0v) is 9.52. The van der Waals surface area contributed by atoms with Gasteiger partial charge < -0.3 is 15.2 Å². The minimum Gasteiger partial charge on any atom is -0.462 e. The van der Waals surface area contributed by atoms with Crippen molar-refractivity contribution in [2.24, 2.45) is 0 Å². The summed E-state index contributed by atoms with van der Waals surface area (Å²) in [6, 6.07) is 0. The van der Waals surface area contributed by atoms with Crippen LogP contribution in [0.3, 0.4) is 0 Å². The smallest absolute Gasteiger partial charge is 0.341 e. The molecule has 4 nitrogen and oxygen atoms in total. The average molecular weight is 227 g/mol. The van der Waals surface area contributed by atoms with Crippen molar-refractivity contribution in [1.82, 2.24) is 0 Å². The van der Waals surface area contributed by atoms with Crippen LogP contribution >= 0.6 is 11.3 Å². The van der Waals surface area contributed by atoms with Crippen molar-refractivity contribution in [3.63, 3.8) is 0 Å². The number of carbonyl (C=O) groups is 1. The summed E-state index contributed by atoms with van der Waals surface area (Å²) in [5, 5.41) is 0.536. The average Bonchev–Trinajstić information content (AvgIpc) is 2.67. The van der Waals surface area contributed by atoms with Crippen LogP contribution in [0.2, 0.25) is 0 Å². The number of esters is 1. The molecule has 0 amide bonds. The molecule has 1 atom stereocenters. The molecule has 2 N–H and O–H groups in total. The van der Waals surface area contributed by atoms with Crippen molar-refractivity contribution in [3.05, 3.63) is 16.0 Å². The third-order valence-corrected chi connectivity index (χ3v) is 3.41. The second-order valence-corrected chi connectivity index (χ2v) is 4.49. The highest BCUT2D eigenvalue weighted by Gasteiger charge is 2.31. The lowest BCUT2D eigenvalue weighted by molar-refractivity contribution is 0.0513. The van der Waals surface area contributed by atoms with Gasteiger partial charge in [0.15, 0.2) is 0 Å². The van der Waals surface area contributed by atoms with E-state index in [0.717, 1.165) is 10.4 Å². The minimum atomic E-state index is -0.343. The summed E-state index contributed by atoms with van der Waals surface area (Å²) < 4.78 is 10.4. The normalized spacial score (nSPS) is 18.9. The number of anilines is 1. The number of rotatable bonds is 2. The first kappa shape index (κ1) is 10.4. The fourth-order valence-corrected chi connectivity index (χ4v) is 2.81. The summed E-state index contributed by atoms with van der Waals surface area (Å²) in [6.07, 6.45) is -0.0621. The highest BCUT2D eigenvalue weighted by Crippen LogP contribution is 2.42. The monoisotopic (exact) mass is 227 g/mol. The van der Waals surface area contributed by atoms with E-state index in [1.165, 1.54) is 11.3 Å². The lowest BCUT2D eigenvalue weighted by Crippen LogP contribution is -2.09. The summed E-state index contributed by atoms with van der Waals surface area (Å²) in [7, 11) is 0. The number of carbonyl (C=O) groups excluding carboxylic acids is 1. The molecular weight excluding hydrogens is 214 g/mol. The fourth-order valence-electron chi connectivity index (χ4n) is 1.75. The van der Waals surface area contributed by atoms with E-state index in [9.17, 15) is 4.79 Å². The number of ether oxygens (including phenoxy) is 2. The standard InChI is InChI=1S/C10H13NO3S/c1-3-13-10(12)8-7-5(2)14-4-6(7)15-9(8)11/h5H,3-4,11H2,1-2H3/t5-/m0/s1.